The van der Waals surface area contributed by atoms with E-state index in [1.807, 2.05) is 24.3 Å². The molecule has 0 spiro atoms. The minimum Gasteiger partial charge on any atom is -0.506 e. The summed E-state index contributed by atoms with van der Waals surface area (Å²) >= 11 is 12.3. The zero-order chi connectivity index (χ0) is 19.4. The van der Waals surface area contributed by atoms with Gasteiger partial charge in [-0.2, -0.15) is 10.2 Å². The number of carbonyl (C=O) groups is 1. The Balaban J connectivity index is 1.61. The van der Waals surface area contributed by atoms with E-state index in [2.05, 4.69) is 47.5 Å². The number of hydrogen-bond acceptors (Lipinski definition) is 4. The van der Waals surface area contributed by atoms with Gasteiger partial charge in [-0.1, -0.05) is 23.7 Å². The lowest BCUT2D eigenvalue weighted by atomic mass is 10.2. The van der Waals surface area contributed by atoms with Gasteiger partial charge >= 0.3 is 0 Å². The summed E-state index contributed by atoms with van der Waals surface area (Å²) in [5.41, 5.74) is 4.41. The van der Waals surface area contributed by atoms with Gasteiger partial charge in [0.05, 0.1) is 21.7 Å². The van der Waals surface area contributed by atoms with Crippen molar-refractivity contribution in [2.24, 2.45) is 5.10 Å². The molecule has 9 heteroatoms. The topological polar surface area (TPSA) is 79.5 Å². The molecular formula is C18H13Br2ClN4O2. The Morgan fingerprint density at radius 3 is 2.56 bits per heavy atom. The van der Waals surface area contributed by atoms with Gasteiger partial charge in [0.1, 0.15) is 5.75 Å². The number of rotatable bonds is 5. The molecule has 27 heavy (non-hydrogen) atoms. The van der Waals surface area contributed by atoms with Crippen LogP contribution in [0, 0.1) is 0 Å². The summed E-state index contributed by atoms with van der Waals surface area (Å²) in [4.78, 5) is 12.2. The van der Waals surface area contributed by atoms with E-state index < -0.39 is 5.91 Å². The summed E-state index contributed by atoms with van der Waals surface area (Å²) in [6.45, 7) is 0.531. The first-order valence-electron chi connectivity index (χ1n) is 7.71. The Morgan fingerprint density at radius 1 is 1.22 bits per heavy atom. The van der Waals surface area contributed by atoms with Crippen molar-refractivity contribution in [2.45, 2.75) is 6.54 Å². The van der Waals surface area contributed by atoms with Crippen LogP contribution >= 0.6 is 43.5 Å². The number of hydrazone groups is 1. The van der Waals surface area contributed by atoms with E-state index >= 15 is 0 Å². The zero-order valence-electron chi connectivity index (χ0n) is 13.7. The van der Waals surface area contributed by atoms with Gasteiger partial charge in [-0.3, -0.25) is 9.48 Å². The van der Waals surface area contributed by atoms with E-state index in [4.69, 9.17) is 11.6 Å². The normalized spacial score (nSPS) is 11.1. The zero-order valence-corrected chi connectivity index (χ0v) is 17.7. The lowest BCUT2D eigenvalue weighted by Crippen LogP contribution is -2.18. The largest absolute Gasteiger partial charge is 0.506 e. The Labute approximate surface area is 177 Å². The number of aromatic hydroxyl groups is 1. The van der Waals surface area contributed by atoms with Crippen LogP contribution in [-0.2, 0) is 6.54 Å². The number of nitrogens with one attached hydrogen (secondary N) is 1. The number of phenolic OH excluding ortho intramolecular Hbond substituents is 1. The van der Waals surface area contributed by atoms with Crippen LogP contribution in [-0.4, -0.2) is 27.0 Å². The van der Waals surface area contributed by atoms with Crippen LogP contribution in [0.25, 0.3) is 0 Å². The van der Waals surface area contributed by atoms with Crippen LogP contribution in [0.2, 0.25) is 5.02 Å². The number of amides is 1. The van der Waals surface area contributed by atoms with Crippen LogP contribution in [0.3, 0.4) is 0 Å². The monoisotopic (exact) mass is 510 g/mol. The van der Waals surface area contributed by atoms with Crippen LogP contribution in [0.4, 0.5) is 0 Å². The number of nitrogens with zero attached hydrogens (tertiary/aromatic N) is 3. The molecule has 138 valence electrons. The maximum Gasteiger partial charge on any atom is 0.291 e. The van der Waals surface area contributed by atoms with Gasteiger partial charge in [-0.15, -0.1) is 0 Å². The number of hydrogen-bond donors (Lipinski definition) is 2. The Hall–Kier alpha value is -2.16. The van der Waals surface area contributed by atoms with E-state index in [1.165, 1.54) is 6.21 Å². The maximum atomic E-state index is 12.2. The molecule has 0 bridgehead atoms. The lowest BCUT2D eigenvalue weighted by Gasteiger charge is -2.02. The molecule has 3 aromatic rings. The van der Waals surface area contributed by atoms with Crippen molar-refractivity contribution >= 4 is 55.6 Å². The number of carbonyl (C=O) groups excluding carboxylic acids is 1. The summed E-state index contributed by atoms with van der Waals surface area (Å²) in [5.74, 6) is -0.319. The van der Waals surface area contributed by atoms with Crippen molar-refractivity contribution in [2.75, 3.05) is 0 Å². The molecule has 2 N–H and O–H groups in total. The van der Waals surface area contributed by atoms with Crippen LogP contribution in [0.15, 0.2) is 62.7 Å². The molecule has 0 fully saturated rings. The highest BCUT2D eigenvalue weighted by Crippen LogP contribution is 2.32. The van der Waals surface area contributed by atoms with Gasteiger partial charge in [0.15, 0.2) is 5.69 Å². The van der Waals surface area contributed by atoms with Crippen molar-refractivity contribution in [1.82, 2.24) is 15.2 Å². The number of halogens is 3. The van der Waals surface area contributed by atoms with Gasteiger partial charge in [0.25, 0.3) is 5.91 Å². The Morgan fingerprint density at radius 2 is 1.89 bits per heavy atom. The Bertz CT molecular complexity index is 980. The predicted molar refractivity (Wildman–Crippen MR) is 111 cm³/mol. The summed E-state index contributed by atoms with van der Waals surface area (Å²) < 4.78 is 2.70. The van der Waals surface area contributed by atoms with E-state index in [9.17, 15) is 9.90 Å². The third kappa shape index (κ3) is 5.18. The van der Waals surface area contributed by atoms with Crippen LogP contribution < -0.4 is 5.43 Å². The molecule has 0 aliphatic rings. The minimum atomic E-state index is -0.419. The molecule has 0 aliphatic heterocycles. The van der Waals surface area contributed by atoms with E-state index in [-0.39, 0.29) is 11.4 Å². The average molecular weight is 513 g/mol. The SMILES string of the molecule is O=C(N/N=C\c1cc(Br)c(O)c(Br)c1)c1ccn(Cc2ccc(Cl)cc2)n1. The smallest absolute Gasteiger partial charge is 0.291 e. The summed E-state index contributed by atoms with van der Waals surface area (Å²) in [5, 5.41) is 18.5. The highest BCUT2D eigenvalue weighted by molar-refractivity contribution is 9.11. The molecule has 0 saturated carbocycles. The van der Waals surface area contributed by atoms with Crippen LogP contribution in [0.1, 0.15) is 21.6 Å². The molecule has 0 atom stereocenters. The second-order valence-corrected chi connectivity index (χ2v) is 7.70. The minimum absolute atomic E-state index is 0.0995. The average Bonchev–Trinajstić information content (AvgIpc) is 3.10. The van der Waals surface area contributed by atoms with Gasteiger partial charge in [0, 0.05) is 11.2 Å². The number of benzene rings is 2. The Kier molecular flexibility index (Phi) is 6.30. The first-order chi connectivity index (χ1) is 12.9. The molecule has 2 aromatic carbocycles. The fourth-order valence-corrected chi connectivity index (χ4v) is 3.58. The molecule has 3 rings (SSSR count). The lowest BCUT2D eigenvalue weighted by molar-refractivity contribution is 0.0949. The van der Waals surface area contributed by atoms with Crippen molar-refractivity contribution in [3.8, 4) is 5.75 Å². The molecule has 6 nitrogen and oxygen atoms in total. The second kappa shape index (κ2) is 8.69. The second-order valence-electron chi connectivity index (χ2n) is 5.56. The third-order valence-electron chi connectivity index (χ3n) is 3.55. The number of phenols is 1. The molecule has 1 amide bonds. The fourth-order valence-electron chi connectivity index (χ4n) is 2.23. The summed E-state index contributed by atoms with van der Waals surface area (Å²) in [7, 11) is 0. The molecule has 1 heterocycles. The molecule has 0 unspecified atom stereocenters. The third-order valence-corrected chi connectivity index (χ3v) is 5.01. The predicted octanol–water partition coefficient (Wildman–Crippen LogP) is 4.58. The van der Waals surface area contributed by atoms with Crippen molar-refractivity contribution in [1.29, 1.82) is 0 Å². The summed E-state index contributed by atoms with van der Waals surface area (Å²) in [6.07, 6.45) is 3.19. The molecule has 1 aromatic heterocycles. The van der Waals surface area contributed by atoms with E-state index in [0.29, 0.717) is 26.1 Å². The van der Waals surface area contributed by atoms with Gasteiger partial charge < -0.3 is 5.11 Å². The first kappa shape index (κ1) is 19.6. The number of aromatic nitrogens is 2. The highest BCUT2D eigenvalue weighted by atomic mass is 79.9. The van der Waals surface area contributed by atoms with Crippen molar-refractivity contribution < 1.29 is 9.90 Å². The van der Waals surface area contributed by atoms with E-state index in [1.54, 1.807) is 29.1 Å². The summed E-state index contributed by atoms with van der Waals surface area (Å²) in [6, 6.07) is 12.4. The quantitative estimate of drug-likeness (QED) is 0.388. The standard InChI is InChI=1S/C18H13Br2ClN4O2/c19-14-7-12(8-15(20)17(14)26)9-22-23-18(27)16-5-6-25(24-16)10-11-1-3-13(21)4-2-11/h1-9,26H,10H2,(H,23,27)/b22-9-. The molecule has 0 aliphatic carbocycles. The van der Waals surface area contributed by atoms with E-state index in [0.717, 1.165) is 5.56 Å². The molecular weight excluding hydrogens is 499 g/mol. The van der Waals surface area contributed by atoms with Gasteiger partial charge in [-0.05, 0) is 73.3 Å². The molecule has 0 radical (unpaired) electrons. The van der Waals surface area contributed by atoms with Gasteiger partial charge in [-0.25, -0.2) is 5.43 Å². The molecule has 0 saturated heterocycles. The van der Waals surface area contributed by atoms with Crippen molar-refractivity contribution in [3.05, 3.63) is 79.5 Å². The highest BCUT2D eigenvalue weighted by Gasteiger charge is 2.09. The first-order valence-corrected chi connectivity index (χ1v) is 9.68. The maximum absolute atomic E-state index is 12.2. The van der Waals surface area contributed by atoms with Gasteiger partial charge in [0.2, 0.25) is 0 Å². The fraction of sp³-hybridized carbons (Fsp3) is 0.0556. The van der Waals surface area contributed by atoms with Crippen LogP contribution in [0.5, 0.6) is 5.75 Å². The van der Waals surface area contributed by atoms with Crippen molar-refractivity contribution in [3.63, 3.8) is 0 Å².